The predicted molar refractivity (Wildman–Crippen MR) is 42.4 cm³/mol. The molecule has 1 rings (SSSR count). The SMILES string of the molecule is [C-]#[N+]C(C#N)C(=O)c1ncccn1. The molecule has 0 spiro atoms. The Morgan fingerprint density at radius 3 is 2.69 bits per heavy atom. The van der Waals surface area contributed by atoms with Crippen molar-refractivity contribution in [2.24, 2.45) is 0 Å². The van der Waals surface area contributed by atoms with Gasteiger partial charge in [0.1, 0.15) is 0 Å². The quantitative estimate of drug-likeness (QED) is 0.480. The van der Waals surface area contributed by atoms with Crippen molar-refractivity contribution in [2.75, 3.05) is 0 Å². The van der Waals surface area contributed by atoms with Crippen LogP contribution in [0.4, 0.5) is 0 Å². The molecular weight excluding hydrogens is 168 g/mol. The second kappa shape index (κ2) is 3.93. The fourth-order valence-electron chi connectivity index (χ4n) is 0.695. The third-order valence-corrected chi connectivity index (χ3v) is 1.29. The van der Waals surface area contributed by atoms with Crippen LogP contribution >= 0.6 is 0 Å². The molecule has 0 aliphatic rings. The molecule has 5 heteroatoms. The lowest BCUT2D eigenvalue weighted by Gasteiger charge is -1.93. The van der Waals surface area contributed by atoms with E-state index < -0.39 is 11.8 Å². The van der Waals surface area contributed by atoms with E-state index in [1.807, 2.05) is 0 Å². The van der Waals surface area contributed by atoms with Crippen molar-refractivity contribution in [1.82, 2.24) is 9.97 Å². The largest absolute Gasteiger partial charge is 0.372 e. The second-order valence-corrected chi connectivity index (χ2v) is 2.10. The second-order valence-electron chi connectivity index (χ2n) is 2.10. The summed E-state index contributed by atoms with van der Waals surface area (Å²) in [4.78, 5) is 21.4. The van der Waals surface area contributed by atoms with E-state index in [9.17, 15) is 4.79 Å². The molecule has 0 bridgehead atoms. The maximum Gasteiger partial charge on any atom is 0.372 e. The Morgan fingerprint density at radius 2 is 2.23 bits per heavy atom. The van der Waals surface area contributed by atoms with Crippen LogP contribution in [-0.2, 0) is 0 Å². The van der Waals surface area contributed by atoms with Gasteiger partial charge in [-0.25, -0.2) is 16.5 Å². The van der Waals surface area contributed by atoms with Crippen LogP contribution in [0.15, 0.2) is 18.5 Å². The average Bonchev–Trinajstić information content (AvgIpc) is 2.21. The Hall–Kier alpha value is -2.27. The lowest BCUT2D eigenvalue weighted by Crippen LogP contribution is -2.17. The minimum absolute atomic E-state index is 0.0925. The Kier molecular flexibility index (Phi) is 2.67. The van der Waals surface area contributed by atoms with E-state index in [0.717, 1.165) is 0 Å². The monoisotopic (exact) mass is 172 g/mol. The Bertz CT molecular complexity index is 373. The van der Waals surface area contributed by atoms with E-state index in [0.29, 0.717) is 0 Å². The van der Waals surface area contributed by atoms with Crippen LogP contribution in [0.2, 0.25) is 0 Å². The van der Waals surface area contributed by atoms with E-state index in [-0.39, 0.29) is 5.82 Å². The molecule has 62 valence electrons. The average molecular weight is 172 g/mol. The van der Waals surface area contributed by atoms with Gasteiger partial charge in [0.25, 0.3) is 5.78 Å². The van der Waals surface area contributed by atoms with Gasteiger partial charge in [-0.1, -0.05) is 0 Å². The number of rotatable bonds is 2. The molecule has 0 aliphatic carbocycles. The van der Waals surface area contributed by atoms with Gasteiger partial charge in [-0.05, 0) is 6.07 Å². The number of nitriles is 1. The van der Waals surface area contributed by atoms with E-state index >= 15 is 0 Å². The first-order chi connectivity index (χ1) is 6.29. The van der Waals surface area contributed by atoms with Crippen LogP contribution in [-0.4, -0.2) is 21.8 Å². The van der Waals surface area contributed by atoms with Gasteiger partial charge in [0.05, 0.1) is 0 Å². The molecule has 1 heterocycles. The first kappa shape index (κ1) is 8.82. The zero-order chi connectivity index (χ0) is 9.68. The highest BCUT2D eigenvalue weighted by Gasteiger charge is 2.26. The number of ketones is 1. The van der Waals surface area contributed by atoms with Gasteiger partial charge in [0, 0.05) is 12.4 Å². The molecule has 1 atom stereocenters. The highest BCUT2D eigenvalue weighted by Crippen LogP contribution is 1.98. The summed E-state index contributed by atoms with van der Waals surface area (Å²) in [6.45, 7) is 6.57. The highest BCUT2D eigenvalue weighted by molar-refractivity contribution is 5.99. The van der Waals surface area contributed by atoms with Gasteiger partial charge in [-0.3, -0.25) is 9.64 Å². The van der Waals surface area contributed by atoms with Gasteiger partial charge in [-0.2, -0.15) is 5.26 Å². The smallest absolute Gasteiger partial charge is 0.288 e. The van der Waals surface area contributed by atoms with Crippen molar-refractivity contribution in [3.05, 3.63) is 35.7 Å². The van der Waals surface area contributed by atoms with Crippen LogP contribution in [0.1, 0.15) is 10.6 Å². The van der Waals surface area contributed by atoms with Crippen LogP contribution in [0.5, 0.6) is 0 Å². The summed E-state index contributed by atoms with van der Waals surface area (Å²) in [6, 6.07) is 1.79. The summed E-state index contributed by atoms with van der Waals surface area (Å²) < 4.78 is 0. The molecule has 5 nitrogen and oxygen atoms in total. The van der Waals surface area contributed by atoms with Gasteiger partial charge in [0.15, 0.2) is 6.07 Å². The van der Waals surface area contributed by atoms with Crippen molar-refractivity contribution in [3.8, 4) is 6.07 Å². The minimum atomic E-state index is -1.33. The molecule has 1 aromatic heterocycles. The number of nitrogens with zero attached hydrogens (tertiary/aromatic N) is 4. The summed E-state index contributed by atoms with van der Waals surface area (Å²) in [5.74, 6) is -0.747. The zero-order valence-corrected chi connectivity index (χ0v) is 6.51. The summed E-state index contributed by atoms with van der Waals surface area (Å²) in [6.07, 6.45) is 2.78. The van der Waals surface area contributed by atoms with E-state index in [1.54, 1.807) is 12.1 Å². The van der Waals surface area contributed by atoms with Gasteiger partial charge >= 0.3 is 6.04 Å². The molecule has 0 fully saturated rings. The number of hydrogen-bond acceptors (Lipinski definition) is 4. The molecule has 0 saturated heterocycles. The molecule has 0 aromatic carbocycles. The maximum atomic E-state index is 11.2. The third-order valence-electron chi connectivity index (χ3n) is 1.29. The fourth-order valence-corrected chi connectivity index (χ4v) is 0.695. The maximum absolute atomic E-state index is 11.2. The Balaban J connectivity index is 2.95. The number of carbonyl (C=O) groups excluding carboxylic acids is 1. The molecule has 1 aromatic rings. The first-order valence-corrected chi connectivity index (χ1v) is 3.37. The summed E-state index contributed by atoms with van der Waals surface area (Å²) >= 11 is 0. The summed E-state index contributed by atoms with van der Waals surface area (Å²) in [5.41, 5.74) is 0. The Morgan fingerprint density at radius 1 is 1.62 bits per heavy atom. The highest BCUT2D eigenvalue weighted by atomic mass is 16.1. The van der Waals surface area contributed by atoms with Crippen molar-refractivity contribution < 1.29 is 4.79 Å². The number of hydrogen-bond donors (Lipinski definition) is 0. The van der Waals surface area contributed by atoms with Crippen LogP contribution in [0.25, 0.3) is 4.85 Å². The molecule has 0 N–H and O–H groups in total. The Labute approximate surface area is 74.5 Å². The lowest BCUT2D eigenvalue weighted by molar-refractivity contribution is 0.0981. The number of carbonyl (C=O) groups is 1. The van der Waals surface area contributed by atoms with Crippen molar-refractivity contribution in [1.29, 1.82) is 5.26 Å². The number of aromatic nitrogens is 2. The first-order valence-electron chi connectivity index (χ1n) is 3.37. The van der Waals surface area contributed by atoms with E-state index in [2.05, 4.69) is 14.8 Å². The zero-order valence-electron chi connectivity index (χ0n) is 6.51. The van der Waals surface area contributed by atoms with Crippen LogP contribution in [0.3, 0.4) is 0 Å². The normalized spacial score (nSPS) is 10.9. The van der Waals surface area contributed by atoms with Crippen molar-refractivity contribution >= 4 is 5.78 Å². The minimum Gasteiger partial charge on any atom is -0.288 e. The molecule has 0 aliphatic heterocycles. The van der Waals surface area contributed by atoms with Crippen LogP contribution in [0, 0.1) is 17.9 Å². The van der Waals surface area contributed by atoms with Gasteiger partial charge in [-0.15, -0.1) is 0 Å². The van der Waals surface area contributed by atoms with Crippen molar-refractivity contribution in [3.63, 3.8) is 0 Å². The van der Waals surface area contributed by atoms with Gasteiger partial charge < -0.3 is 0 Å². The topological polar surface area (TPSA) is 71.0 Å². The lowest BCUT2D eigenvalue weighted by atomic mass is 10.2. The molecule has 1 unspecified atom stereocenters. The van der Waals surface area contributed by atoms with Crippen molar-refractivity contribution in [2.45, 2.75) is 6.04 Å². The van der Waals surface area contributed by atoms with E-state index in [4.69, 9.17) is 11.8 Å². The summed E-state index contributed by atoms with van der Waals surface area (Å²) in [5, 5.41) is 8.42. The molecule has 13 heavy (non-hydrogen) atoms. The fraction of sp³-hybridized carbons (Fsp3) is 0.125. The molecule has 0 saturated carbocycles. The molecular formula is C8H4N4O. The predicted octanol–water partition coefficient (Wildman–Crippen LogP) is 0.471. The van der Waals surface area contributed by atoms with Gasteiger partial charge in [0.2, 0.25) is 5.82 Å². The standard InChI is InChI=1S/C8H4N4O/c1-10-6(5-9)7(13)8-11-3-2-4-12-8/h2-4,6H. The molecule has 0 amide bonds. The van der Waals surface area contributed by atoms with Crippen LogP contribution < -0.4 is 0 Å². The number of Topliss-reactive ketones (excluding diaryl/α,β-unsaturated/α-hetero) is 1. The third kappa shape index (κ3) is 1.85. The summed E-state index contributed by atoms with van der Waals surface area (Å²) in [7, 11) is 0. The molecule has 0 radical (unpaired) electrons. The van der Waals surface area contributed by atoms with E-state index in [1.165, 1.54) is 12.4 Å².